The van der Waals surface area contributed by atoms with Crippen molar-refractivity contribution in [3.8, 4) is 0 Å². The molecule has 0 atom stereocenters. The van der Waals surface area contributed by atoms with Gasteiger partial charge in [0, 0.05) is 27.7 Å². The van der Waals surface area contributed by atoms with Gasteiger partial charge in [-0.25, -0.2) is 0 Å². The Bertz CT molecular complexity index is 1580. The molecule has 76 heavy (non-hydrogen) atoms. The molecule has 0 radical (unpaired) electrons. The molecule has 10 nitrogen and oxygen atoms in total. The van der Waals surface area contributed by atoms with Gasteiger partial charge in [-0.1, -0.05) is 200 Å². The summed E-state index contributed by atoms with van der Waals surface area (Å²) in [4.78, 5) is 68.7. The lowest BCUT2D eigenvalue weighted by Gasteiger charge is -2.14. The zero-order valence-electron chi connectivity index (χ0n) is 48.4. The highest BCUT2D eigenvalue weighted by Crippen LogP contribution is 2.54. The first-order valence-electron chi connectivity index (χ1n) is 32.2. The third-order valence-corrected chi connectivity index (χ3v) is 20.1. The highest BCUT2D eigenvalue weighted by atomic mass is 16.4. The number of hydrogen-bond acceptors (Lipinski definition) is 6. The molecule has 0 bridgehead atoms. The van der Waals surface area contributed by atoms with E-state index in [1.807, 2.05) is 0 Å². The average molecular weight is 1070 g/mol. The molecule has 438 valence electrons. The molecule has 0 heterocycles. The zero-order valence-corrected chi connectivity index (χ0v) is 48.4. The number of amides is 2. The van der Waals surface area contributed by atoms with E-state index in [1.165, 1.54) is 193 Å². The molecule has 0 aromatic heterocycles. The van der Waals surface area contributed by atoms with Gasteiger partial charge in [-0.15, -0.1) is 0 Å². The van der Waals surface area contributed by atoms with E-state index in [0.717, 1.165) is 128 Å². The molecule has 7 aliphatic rings. The molecule has 10 heteroatoms. The highest BCUT2D eigenvalue weighted by molar-refractivity contribution is 5.86. The van der Waals surface area contributed by atoms with E-state index in [9.17, 15) is 28.8 Å². The van der Waals surface area contributed by atoms with Crippen molar-refractivity contribution in [1.82, 2.24) is 5.32 Å². The van der Waals surface area contributed by atoms with Crippen molar-refractivity contribution in [3.63, 3.8) is 0 Å². The summed E-state index contributed by atoms with van der Waals surface area (Å²) >= 11 is 0. The lowest BCUT2D eigenvalue weighted by molar-refractivity contribution is -0.144. The van der Waals surface area contributed by atoms with Crippen LogP contribution in [-0.4, -0.2) is 51.6 Å². The van der Waals surface area contributed by atoms with Crippen LogP contribution in [0.5, 0.6) is 0 Å². The fraction of sp³-hybridized carbons (Fsp3) is 0.909. The molecule has 0 aromatic carbocycles. The average Bonchev–Trinajstić information content (AvgIpc) is 4.16. The maximum absolute atomic E-state index is 12.2. The Morgan fingerprint density at radius 1 is 0.342 bits per heavy atom. The van der Waals surface area contributed by atoms with Gasteiger partial charge >= 0.3 is 11.9 Å². The summed E-state index contributed by atoms with van der Waals surface area (Å²) in [5.41, 5.74) is 4.97. The first kappa shape index (κ1) is 65.7. The predicted octanol–water partition coefficient (Wildman–Crippen LogP) is 17.4. The van der Waals surface area contributed by atoms with Gasteiger partial charge in [-0.2, -0.15) is 0 Å². The van der Waals surface area contributed by atoms with Crippen molar-refractivity contribution in [2.45, 2.75) is 348 Å². The summed E-state index contributed by atoms with van der Waals surface area (Å²) < 4.78 is 0. The number of carbonyl (C=O) groups excluding carboxylic acids is 4. The number of hydrogen-bond donors (Lipinski definition) is 4. The number of ketones is 2. The maximum Gasteiger partial charge on any atom is 0.309 e. The summed E-state index contributed by atoms with van der Waals surface area (Å²) in [6.07, 6.45) is 59.1. The van der Waals surface area contributed by atoms with E-state index in [0.29, 0.717) is 23.5 Å². The topological polar surface area (TPSA) is 181 Å². The van der Waals surface area contributed by atoms with Crippen LogP contribution in [0.25, 0.3) is 0 Å². The van der Waals surface area contributed by atoms with Crippen LogP contribution in [0.15, 0.2) is 0 Å². The quantitative estimate of drug-likeness (QED) is 0.0435. The molecule has 0 unspecified atom stereocenters. The lowest BCUT2D eigenvalue weighted by atomic mass is 9.94. The van der Waals surface area contributed by atoms with E-state index in [4.69, 9.17) is 15.9 Å². The molecular formula is C66H116N2O8. The first-order valence-corrected chi connectivity index (χ1v) is 32.2. The van der Waals surface area contributed by atoms with Gasteiger partial charge in [0.05, 0.1) is 10.8 Å². The second-order valence-electron chi connectivity index (χ2n) is 26.6. The van der Waals surface area contributed by atoms with E-state index < -0.39 is 11.9 Å². The summed E-state index contributed by atoms with van der Waals surface area (Å²) in [6.45, 7) is 3.53. The standard InChI is InChI=1S/C23H39NO3.C21H37NO2.C21H36O3.CH4/c25-20(24-19-11-12-19)22(15-16-22)13-9-7-5-3-1-2-4-6-8-10-14-23(17-18-23)21(26)27;1-18(23)20(14-15-20)12-10-8-6-4-2-3-5-7-9-11-13-21(16-17-21)19(22)24;1-18(22)20(14-15-20)12-10-8-6-4-2-3-5-7-9-11-13-21(16-17-21)19(23)24;/h19H,1-18H2,(H,24,25)(H,26,27);2-17H2,1H3,(H2,22,24);2-17H2,1H3,(H,23,24);1H4. The summed E-state index contributed by atoms with van der Waals surface area (Å²) in [5.74, 6) is -0.0270. The van der Waals surface area contributed by atoms with E-state index >= 15 is 0 Å². The Kier molecular flexibility index (Phi) is 28.6. The van der Waals surface area contributed by atoms with Crippen molar-refractivity contribution < 1.29 is 39.0 Å². The summed E-state index contributed by atoms with van der Waals surface area (Å²) in [6, 6.07) is 0.502. The maximum atomic E-state index is 12.2. The molecular weight excluding hydrogens is 949 g/mol. The molecule has 0 aromatic rings. The number of carboxylic acid groups (broad SMARTS) is 2. The predicted molar refractivity (Wildman–Crippen MR) is 310 cm³/mol. The van der Waals surface area contributed by atoms with E-state index in [1.54, 1.807) is 13.8 Å². The molecule has 0 saturated heterocycles. The van der Waals surface area contributed by atoms with Gasteiger partial charge in [-0.3, -0.25) is 28.8 Å². The fourth-order valence-electron chi connectivity index (χ4n) is 12.4. The SMILES string of the molecule is C.CC(=O)C1(CCCCCCCCCCCCC2(C(=O)O)CC2)CC1.CC(=O)C1(CCCCCCCCCCCCC2(C(N)=O)CC2)CC1.O=C(O)C1(CCCCCCCCCCCCC2(C(=O)NC3CC3)CC2)CC1. The van der Waals surface area contributed by atoms with Crippen LogP contribution in [0.2, 0.25) is 0 Å². The van der Waals surface area contributed by atoms with Crippen LogP contribution in [0.1, 0.15) is 342 Å². The Balaban J connectivity index is 0.000000245. The van der Waals surface area contributed by atoms with Crippen LogP contribution in [0.3, 0.4) is 0 Å². The van der Waals surface area contributed by atoms with E-state index in [-0.39, 0.29) is 45.8 Å². The molecule has 0 aliphatic heterocycles. The number of carbonyl (C=O) groups is 6. The Morgan fingerprint density at radius 2 is 0.539 bits per heavy atom. The lowest BCUT2D eigenvalue weighted by Crippen LogP contribution is -2.33. The third-order valence-electron chi connectivity index (χ3n) is 20.1. The molecule has 7 fully saturated rings. The van der Waals surface area contributed by atoms with Crippen LogP contribution in [0, 0.1) is 32.5 Å². The molecule has 2 amide bonds. The minimum atomic E-state index is -0.571. The summed E-state index contributed by atoms with van der Waals surface area (Å²) in [5, 5.41) is 21.5. The highest BCUT2D eigenvalue weighted by Gasteiger charge is 2.52. The van der Waals surface area contributed by atoms with Gasteiger partial charge in [0.25, 0.3) is 0 Å². The number of unbranched alkanes of at least 4 members (excludes halogenated alkanes) is 27. The Hall–Kier alpha value is -2.78. The molecule has 7 aliphatic carbocycles. The van der Waals surface area contributed by atoms with Crippen molar-refractivity contribution >= 4 is 35.3 Å². The minimum Gasteiger partial charge on any atom is -0.481 e. The van der Waals surface area contributed by atoms with E-state index in [2.05, 4.69) is 5.32 Å². The number of aliphatic carboxylic acids is 2. The zero-order chi connectivity index (χ0) is 54.1. The molecule has 7 rings (SSSR count). The first-order chi connectivity index (χ1) is 36.1. The second kappa shape index (κ2) is 33.1. The monoisotopic (exact) mass is 1060 g/mol. The van der Waals surface area contributed by atoms with Crippen molar-refractivity contribution in [1.29, 1.82) is 0 Å². The summed E-state index contributed by atoms with van der Waals surface area (Å²) in [7, 11) is 0. The number of nitrogens with two attached hydrogens (primary N) is 1. The number of primary amides is 1. The molecule has 5 N–H and O–H groups in total. The Morgan fingerprint density at radius 3 is 0.724 bits per heavy atom. The third kappa shape index (κ3) is 23.9. The van der Waals surface area contributed by atoms with Crippen molar-refractivity contribution in [2.75, 3.05) is 0 Å². The van der Waals surface area contributed by atoms with Crippen molar-refractivity contribution in [2.24, 2.45) is 38.2 Å². The van der Waals surface area contributed by atoms with Gasteiger partial charge < -0.3 is 21.3 Å². The number of Topliss-reactive ketones (excluding diaryl/α,β-unsaturated/α-hetero) is 2. The second-order valence-corrected chi connectivity index (χ2v) is 26.6. The molecule has 7 saturated carbocycles. The van der Waals surface area contributed by atoms with Crippen LogP contribution < -0.4 is 11.1 Å². The normalized spacial score (nSPS) is 20.2. The van der Waals surface area contributed by atoms with Crippen LogP contribution in [0.4, 0.5) is 0 Å². The van der Waals surface area contributed by atoms with Gasteiger partial charge in [0.1, 0.15) is 11.6 Å². The smallest absolute Gasteiger partial charge is 0.309 e. The van der Waals surface area contributed by atoms with Crippen LogP contribution >= 0.6 is 0 Å². The van der Waals surface area contributed by atoms with Crippen LogP contribution in [-0.2, 0) is 28.8 Å². The van der Waals surface area contributed by atoms with Gasteiger partial charge in [0.15, 0.2) is 0 Å². The Labute approximate surface area is 464 Å². The number of rotatable bonds is 46. The largest absolute Gasteiger partial charge is 0.481 e. The fourth-order valence-corrected chi connectivity index (χ4v) is 12.4. The van der Waals surface area contributed by atoms with Gasteiger partial charge in [0.2, 0.25) is 11.8 Å². The number of carboxylic acids is 2. The minimum absolute atomic E-state index is 0. The van der Waals surface area contributed by atoms with Gasteiger partial charge in [-0.05, 0) is 142 Å². The number of nitrogens with one attached hydrogen (secondary N) is 1. The molecule has 0 spiro atoms. The van der Waals surface area contributed by atoms with Crippen molar-refractivity contribution in [3.05, 3.63) is 0 Å².